The molecule has 3 rings (SSSR count). The van der Waals surface area contributed by atoms with Crippen molar-refractivity contribution in [3.63, 3.8) is 0 Å². The first kappa shape index (κ1) is 13.4. The summed E-state index contributed by atoms with van der Waals surface area (Å²) in [7, 11) is 1.85. The molecular formula is C17H17N3O. The molecule has 0 bridgehead atoms. The summed E-state index contributed by atoms with van der Waals surface area (Å²) < 4.78 is 1.74. The Balaban J connectivity index is 1.70. The molecule has 1 heterocycles. The maximum absolute atomic E-state index is 12.3. The van der Waals surface area contributed by atoms with Crippen molar-refractivity contribution in [3.8, 4) is 0 Å². The Morgan fingerprint density at radius 2 is 1.81 bits per heavy atom. The summed E-state index contributed by atoms with van der Waals surface area (Å²) in [5.41, 5.74) is 2.66. The summed E-state index contributed by atoms with van der Waals surface area (Å²) in [4.78, 5) is 12.3. The molecule has 0 radical (unpaired) electrons. The molecular weight excluding hydrogens is 262 g/mol. The molecule has 0 atom stereocenters. The third-order valence-electron chi connectivity index (χ3n) is 3.51. The minimum Gasteiger partial charge on any atom is -0.350 e. The number of hydrogen-bond acceptors (Lipinski definition) is 2. The van der Waals surface area contributed by atoms with E-state index in [2.05, 4.69) is 22.5 Å². The van der Waals surface area contributed by atoms with E-state index < -0.39 is 0 Å². The fourth-order valence-electron chi connectivity index (χ4n) is 2.43. The van der Waals surface area contributed by atoms with E-state index in [9.17, 15) is 4.79 Å². The number of carbonyl (C=O) groups excluding carboxylic acids is 1. The van der Waals surface area contributed by atoms with Gasteiger partial charge in [0.05, 0.1) is 5.52 Å². The van der Waals surface area contributed by atoms with Crippen molar-refractivity contribution < 1.29 is 4.79 Å². The van der Waals surface area contributed by atoms with Crippen molar-refractivity contribution in [2.75, 3.05) is 6.54 Å². The number of hydrogen-bond donors (Lipinski definition) is 1. The topological polar surface area (TPSA) is 46.9 Å². The van der Waals surface area contributed by atoms with E-state index in [-0.39, 0.29) is 5.91 Å². The first-order valence-corrected chi connectivity index (χ1v) is 6.99. The second-order valence-corrected chi connectivity index (χ2v) is 4.98. The van der Waals surface area contributed by atoms with Crippen LogP contribution in [-0.2, 0) is 13.5 Å². The number of carbonyl (C=O) groups is 1. The average molecular weight is 279 g/mol. The number of fused-ring (bicyclic) bond motifs is 1. The van der Waals surface area contributed by atoms with E-state index in [0.29, 0.717) is 12.2 Å². The normalized spacial score (nSPS) is 10.7. The molecule has 1 N–H and O–H groups in total. The van der Waals surface area contributed by atoms with E-state index in [0.717, 1.165) is 17.3 Å². The quantitative estimate of drug-likeness (QED) is 0.798. The zero-order chi connectivity index (χ0) is 14.7. The zero-order valence-corrected chi connectivity index (χ0v) is 11.9. The van der Waals surface area contributed by atoms with Gasteiger partial charge in [-0.1, -0.05) is 48.5 Å². The number of aromatic nitrogens is 2. The van der Waals surface area contributed by atoms with Crippen molar-refractivity contribution >= 4 is 16.8 Å². The highest BCUT2D eigenvalue weighted by Crippen LogP contribution is 2.17. The molecule has 4 nitrogen and oxygen atoms in total. The van der Waals surface area contributed by atoms with Gasteiger partial charge in [0.2, 0.25) is 0 Å². The fraction of sp³-hybridized carbons (Fsp3) is 0.176. The maximum atomic E-state index is 12.3. The zero-order valence-electron chi connectivity index (χ0n) is 11.9. The van der Waals surface area contributed by atoms with E-state index in [4.69, 9.17) is 0 Å². The van der Waals surface area contributed by atoms with Gasteiger partial charge in [0.25, 0.3) is 5.91 Å². The Labute approximate surface area is 123 Å². The van der Waals surface area contributed by atoms with Crippen molar-refractivity contribution in [2.45, 2.75) is 6.42 Å². The highest BCUT2D eigenvalue weighted by molar-refractivity contribution is 6.04. The predicted octanol–water partition coefficient (Wildman–Crippen LogP) is 2.55. The molecule has 4 heteroatoms. The van der Waals surface area contributed by atoms with Crippen molar-refractivity contribution in [1.29, 1.82) is 0 Å². The lowest BCUT2D eigenvalue weighted by atomic mass is 10.1. The van der Waals surface area contributed by atoms with Crippen LogP contribution in [-0.4, -0.2) is 22.2 Å². The Bertz CT molecular complexity index is 762. The minimum absolute atomic E-state index is 0.122. The maximum Gasteiger partial charge on any atom is 0.272 e. The summed E-state index contributed by atoms with van der Waals surface area (Å²) >= 11 is 0. The Kier molecular flexibility index (Phi) is 3.69. The monoisotopic (exact) mass is 279 g/mol. The molecule has 0 saturated carbocycles. The van der Waals surface area contributed by atoms with E-state index >= 15 is 0 Å². The van der Waals surface area contributed by atoms with Crippen LogP contribution in [0.4, 0.5) is 0 Å². The van der Waals surface area contributed by atoms with Gasteiger partial charge in [-0.25, -0.2) is 0 Å². The standard InChI is InChI=1S/C17H17N3O/c1-20-15-10-6-5-9-14(15)16(19-20)17(21)18-12-11-13-7-3-2-4-8-13/h2-10H,11-12H2,1H3,(H,18,21). The van der Waals surface area contributed by atoms with Gasteiger partial charge >= 0.3 is 0 Å². The number of benzene rings is 2. The van der Waals surface area contributed by atoms with Gasteiger partial charge in [-0.2, -0.15) is 5.10 Å². The van der Waals surface area contributed by atoms with Crippen LogP contribution in [0.15, 0.2) is 54.6 Å². The van der Waals surface area contributed by atoms with Crippen LogP contribution in [0.5, 0.6) is 0 Å². The molecule has 21 heavy (non-hydrogen) atoms. The average Bonchev–Trinajstić information content (AvgIpc) is 2.86. The SMILES string of the molecule is Cn1nc(C(=O)NCCc2ccccc2)c2ccccc21. The van der Waals surface area contributed by atoms with E-state index in [1.807, 2.05) is 49.5 Å². The van der Waals surface area contributed by atoms with Crippen molar-refractivity contribution in [2.24, 2.45) is 7.05 Å². The Hall–Kier alpha value is -2.62. The highest BCUT2D eigenvalue weighted by Gasteiger charge is 2.14. The van der Waals surface area contributed by atoms with Crippen molar-refractivity contribution in [1.82, 2.24) is 15.1 Å². The van der Waals surface area contributed by atoms with Gasteiger partial charge in [0, 0.05) is 19.0 Å². The summed E-state index contributed by atoms with van der Waals surface area (Å²) in [6.45, 7) is 0.605. The number of amides is 1. The van der Waals surface area contributed by atoms with Crippen molar-refractivity contribution in [3.05, 3.63) is 65.9 Å². The van der Waals surface area contributed by atoms with Crippen LogP contribution in [0.3, 0.4) is 0 Å². The van der Waals surface area contributed by atoms with Crippen LogP contribution in [0.1, 0.15) is 16.1 Å². The number of nitrogens with zero attached hydrogens (tertiary/aromatic N) is 2. The van der Waals surface area contributed by atoms with Gasteiger partial charge < -0.3 is 5.32 Å². The van der Waals surface area contributed by atoms with E-state index in [1.54, 1.807) is 4.68 Å². The lowest BCUT2D eigenvalue weighted by Crippen LogP contribution is -2.26. The summed E-state index contributed by atoms with van der Waals surface area (Å²) in [5, 5.41) is 8.14. The number of aryl methyl sites for hydroxylation is 1. The van der Waals surface area contributed by atoms with Gasteiger partial charge in [-0.3, -0.25) is 9.48 Å². The molecule has 3 aromatic rings. The molecule has 1 aromatic heterocycles. The molecule has 0 aliphatic rings. The van der Waals surface area contributed by atoms with Gasteiger partial charge in [-0.05, 0) is 18.1 Å². The minimum atomic E-state index is -0.122. The lowest BCUT2D eigenvalue weighted by Gasteiger charge is -2.03. The molecule has 0 fully saturated rings. The predicted molar refractivity (Wildman–Crippen MR) is 83.2 cm³/mol. The van der Waals surface area contributed by atoms with Crippen LogP contribution in [0, 0.1) is 0 Å². The van der Waals surface area contributed by atoms with E-state index in [1.165, 1.54) is 5.56 Å². The summed E-state index contributed by atoms with van der Waals surface area (Å²) in [6, 6.07) is 17.9. The highest BCUT2D eigenvalue weighted by atomic mass is 16.1. The molecule has 0 aliphatic carbocycles. The molecule has 0 aliphatic heterocycles. The second-order valence-electron chi connectivity index (χ2n) is 4.98. The molecule has 1 amide bonds. The van der Waals surface area contributed by atoms with Crippen LogP contribution < -0.4 is 5.32 Å². The second kappa shape index (κ2) is 5.79. The molecule has 0 spiro atoms. The molecule has 0 saturated heterocycles. The molecule has 2 aromatic carbocycles. The van der Waals surface area contributed by atoms with Gasteiger partial charge in [0.15, 0.2) is 5.69 Å². The number of rotatable bonds is 4. The fourth-order valence-corrected chi connectivity index (χ4v) is 2.43. The third-order valence-corrected chi connectivity index (χ3v) is 3.51. The third kappa shape index (κ3) is 2.79. The number of nitrogens with one attached hydrogen (secondary N) is 1. The van der Waals surface area contributed by atoms with Crippen LogP contribution in [0.2, 0.25) is 0 Å². The first-order chi connectivity index (χ1) is 10.3. The first-order valence-electron chi connectivity index (χ1n) is 6.99. The van der Waals surface area contributed by atoms with Gasteiger partial charge in [0.1, 0.15) is 0 Å². The Morgan fingerprint density at radius 3 is 2.62 bits per heavy atom. The lowest BCUT2D eigenvalue weighted by molar-refractivity contribution is 0.0950. The van der Waals surface area contributed by atoms with Crippen LogP contribution in [0.25, 0.3) is 10.9 Å². The van der Waals surface area contributed by atoms with Gasteiger partial charge in [-0.15, -0.1) is 0 Å². The molecule has 106 valence electrons. The smallest absolute Gasteiger partial charge is 0.272 e. The molecule has 0 unspecified atom stereocenters. The Morgan fingerprint density at radius 1 is 1.10 bits per heavy atom. The van der Waals surface area contributed by atoms with Crippen LogP contribution >= 0.6 is 0 Å². The summed E-state index contributed by atoms with van der Waals surface area (Å²) in [6.07, 6.45) is 0.817. The summed E-state index contributed by atoms with van der Waals surface area (Å²) in [5.74, 6) is -0.122. The largest absolute Gasteiger partial charge is 0.350 e. The number of para-hydroxylation sites is 1.